The van der Waals surface area contributed by atoms with Gasteiger partial charge in [0.25, 0.3) is 0 Å². The quantitative estimate of drug-likeness (QED) is 0.535. The van der Waals surface area contributed by atoms with Crippen LogP contribution in [0.3, 0.4) is 0 Å². The summed E-state index contributed by atoms with van der Waals surface area (Å²) >= 11 is 6.31. The van der Waals surface area contributed by atoms with E-state index in [1.165, 1.54) is 28.4 Å². The average Bonchev–Trinajstić information content (AvgIpc) is 2.78. The summed E-state index contributed by atoms with van der Waals surface area (Å²) in [4.78, 5) is 0. The predicted octanol–water partition coefficient (Wildman–Crippen LogP) is 5.90. The molecule has 0 bridgehead atoms. The van der Waals surface area contributed by atoms with Gasteiger partial charge in [-0.1, -0.05) is 57.2 Å². The third kappa shape index (κ3) is 3.61. The van der Waals surface area contributed by atoms with Gasteiger partial charge in [0, 0.05) is 5.92 Å². The minimum Gasteiger partial charge on any atom is -0.133 e. The first-order valence-corrected chi connectivity index (χ1v) is 10.4. The van der Waals surface area contributed by atoms with E-state index < -0.39 is 0 Å². The smallest absolute Gasteiger partial charge is 0.116 e. The van der Waals surface area contributed by atoms with Gasteiger partial charge < -0.3 is 0 Å². The van der Waals surface area contributed by atoms with E-state index in [1.54, 1.807) is 0 Å². The van der Waals surface area contributed by atoms with Crippen LogP contribution in [0.2, 0.25) is 0 Å². The van der Waals surface area contributed by atoms with Gasteiger partial charge in [0.1, 0.15) is 3.41 Å². The van der Waals surface area contributed by atoms with E-state index in [-0.39, 0.29) is 3.41 Å². The van der Waals surface area contributed by atoms with Gasteiger partial charge >= 0.3 is 0 Å². The second-order valence-electron chi connectivity index (χ2n) is 4.73. The van der Waals surface area contributed by atoms with Crippen molar-refractivity contribution in [3.05, 3.63) is 47.6 Å². The van der Waals surface area contributed by atoms with Crippen molar-refractivity contribution >= 4 is 35.3 Å². The fourth-order valence-electron chi connectivity index (χ4n) is 2.61. The number of thioether (sulfide) groups is 3. The molecule has 0 aromatic heterocycles. The Bertz CT molecular complexity index is 426. The van der Waals surface area contributed by atoms with Crippen molar-refractivity contribution in [1.29, 1.82) is 0 Å². The Labute approximate surface area is 136 Å². The molecule has 0 saturated carbocycles. The van der Waals surface area contributed by atoms with E-state index in [2.05, 4.69) is 92.5 Å². The van der Waals surface area contributed by atoms with Crippen LogP contribution in [0.1, 0.15) is 27.2 Å². The van der Waals surface area contributed by atoms with Gasteiger partial charge in [-0.15, -0.1) is 35.3 Å². The van der Waals surface area contributed by atoms with Gasteiger partial charge in [0.2, 0.25) is 0 Å². The molecule has 0 fully saturated rings. The highest BCUT2D eigenvalue weighted by Crippen LogP contribution is 2.53. The molecular formula is C17H24S3. The highest BCUT2D eigenvalue weighted by molar-refractivity contribution is 8.33. The third-order valence-corrected chi connectivity index (χ3v) is 8.45. The summed E-state index contributed by atoms with van der Waals surface area (Å²) in [7, 11) is 0. The molecule has 0 saturated heterocycles. The van der Waals surface area contributed by atoms with Gasteiger partial charge in [0.05, 0.1) is 0 Å². The Kier molecular flexibility index (Phi) is 6.44. The number of allylic oxidation sites excluding steroid dienone is 8. The Morgan fingerprint density at radius 3 is 2.15 bits per heavy atom. The van der Waals surface area contributed by atoms with Gasteiger partial charge in [-0.3, -0.25) is 0 Å². The van der Waals surface area contributed by atoms with Crippen LogP contribution in [-0.2, 0) is 0 Å². The Balaban J connectivity index is 2.25. The van der Waals surface area contributed by atoms with Crippen molar-refractivity contribution in [1.82, 2.24) is 0 Å². The lowest BCUT2D eigenvalue weighted by Gasteiger charge is -2.36. The maximum Gasteiger partial charge on any atom is 0.116 e. The molecule has 0 radical (unpaired) electrons. The zero-order valence-corrected chi connectivity index (χ0v) is 15.0. The van der Waals surface area contributed by atoms with Crippen LogP contribution in [0.5, 0.6) is 0 Å². The molecule has 2 rings (SSSR count). The van der Waals surface area contributed by atoms with E-state index in [1.807, 2.05) is 0 Å². The van der Waals surface area contributed by atoms with Gasteiger partial charge in [0.15, 0.2) is 0 Å². The fraction of sp³-hybridized carbons (Fsp3) is 0.529. The molecule has 0 aliphatic heterocycles. The molecular weight excluding hydrogens is 300 g/mol. The molecule has 2 aliphatic rings. The standard InChI is InChI=1S/C17H24S3/c1-4-18-17(19-5-2,20-6-3)16-12-10-14-8-7-9-15(14)11-13-16/h7-8,10-13,16H,4-6,9H2,1-3H3. The molecule has 2 aliphatic carbocycles. The molecule has 110 valence electrons. The molecule has 1 unspecified atom stereocenters. The first-order valence-electron chi connectivity index (χ1n) is 7.43. The molecule has 20 heavy (non-hydrogen) atoms. The summed E-state index contributed by atoms with van der Waals surface area (Å²) in [5, 5.41) is 0. The van der Waals surface area contributed by atoms with Gasteiger partial charge in [-0.25, -0.2) is 0 Å². The van der Waals surface area contributed by atoms with Crippen molar-refractivity contribution in [2.45, 2.75) is 30.6 Å². The lowest BCUT2D eigenvalue weighted by atomic mass is 10.1. The van der Waals surface area contributed by atoms with E-state index in [9.17, 15) is 0 Å². The highest BCUT2D eigenvalue weighted by Gasteiger charge is 2.37. The van der Waals surface area contributed by atoms with Crippen molar-refractivity contribution in [3.63, 3.8) is 0 Å². The molecule has 0 heterocycles. The minimum absolute atomic E-state index is 0.231. The summed E-state index contributed by atoms with van der Waals surface area (Å²) in [6.07, 6.45) is 15.2. The molecule has 0 spiro atoms. The topological polar surface area (TPSA) is 0 Å². The van der Waals surface area contributed by atoms with Crippen LogP contribution >= 0.6 is 35.3 Å². The van der Waals surface area contributed by atoms with Crippen molar-refractivity contribution in [3.8, 4) is 0 Å². The molecule has 1 atom stereocenters. The Morgan fingerprint density at radius 2 is 1.55 bits per heavy atom. The fourth-order valence-corrected chi connectivity index (χ4v) is 7.99. The first-order chi connectivity index (χ1) is 9.75. The highest BCUT2D eigenvalue weighted by atomic mass is 32.3. The molecule has 0 aromatic carbocycles. The summed E-state index contributed by atoms with van der Waals surface area (Å²) in [5.41, 5.74) is 2.88. The number of hydrogen-bond acceptors (Lipinski definition) is 3. The van der Waals surface area contributed by atoms with Crippen LogP contribution < -0.4 is 0 Å². The molecule has 0 aromatic rings. The lowest BCUT2D eigenvalue weighted by molar-refractivity contribution is 0.871. The van der Waals surface area contributed by atoms with Crippen LogP contribution in [0, 0.1) is 5.92 Å². The summed E-state index contributed by atoms with van der Waals surface area (Å²) in [6, 6.07) is 0. The summed E-state index contributed by atoms with van der Waals surface area (Å²) < 4.78 is 0.231. The summed E-state index contributed by atoms with van der Waals surface area (Å²) in [6.45, 7) is 6.82. The zero-order valence-electron chi connectivity index (χ0n) is 12.6. The molecule has 0 amide bonds. The molecule has 0 N–H and O–H groups in total. The van der Waals surface area contributed by atoms with Crippen molar-refractivity contribution in [2.75, 3.05) is 17.3 Å². The van der Waals surface area contributed by atoms with Crippen molar-refractivity contribution in [2.24, 2.45) is 5.92 Å². The maximum absolute atomic E-state index is 2.43. The average molecular weight is 325 g/mol. The minimum atomic E-state index is 0.231. The second-order valence-corrected chi connectivity index (χ2v) is 10.0. The van der Waals surface area contributed by atoms with E-state index in [4.69, 9.17) is 0 Å². The zero-order chi connectivity index (χ0) is 14.4. The molecule has 0 nitrogen and oxygen atoms in total. The third-order valence-electron chi connectivity index (χ3n) is 3.44. The van der Waals surface area contributed by atoms with Crippen molar-refractivity contribution < 1.29 is 0 Å². The van der Waals surface area contributed by atoms with Crippen LogP contribution in [0.15, 0.2) is 47.6 Å². The maximum atomic E-state index is 2.43. The predicted molar refractivity (Wildman–Crippen MR) is 99.7 cm³/mol. The van der Waals surface area contributed by atoms with E-state index in [0.717, 1.165) is 6.42 Å². The first kappa shape index (κ1) is 16.4. The Hall–Kier alpha value is 0.01000. The van der Waals surface area contributed by atoms with Crippen LogP contribution in [0.4, 0.5) is 0 Å². The number of hydrogen-bond donors (Lipinski definition) is 0. The summed E-state index contributed by atoms with van der Waals surface area (Å²) in [5.74, 6) is 4.02. The Morgan fingerprint density at radius 1 is 0.950 bits per heavy atom. The molecule has 3 heteroatoms. The van der Waals surface area contributed by atoms with E-state index in [0.29, 0.717) is 5.92 Å². The lowest BCUT2D eigenvalue weighted by Crippen LogP contribution is -2.26. The normalized spacial score (nSPS) is 21.4. The van der Waals surface area contributed by atoms with Crippen LogP contribution in [0.25, 0.3) is 0 Å². The SMILES string of the molecule is CCSC(SCC)(SCC)C1C=CC2=C(C=C1)CC=C2. The number of rotatable bonds is 7. The van der Waals surface area contributed by atoms with Gasteiger partial charge in [-0.05, 0) is 34.8 Å². The van der Waals surface area contributed by atoms with E-state index >= 15 is 0 Å². The second kappa shape index (κ2) is 7.86. The largest absolute Gasteiger partial charge is 0.133 e. The van der Waals surface area contributed by atoms with Gasteiger partial charge in [-0.2, -0.15) is 0 Å². The van der Waals surface area contributed by atoms with Crippen LogP contribution in [-0.4, -0.2) is 20.7 Å². The monoisotopic (exact) mass is 324 g/mol.